The van der Waals surface area contributed by atoms with E-state index < -0.39 is 0 Å². The summed E-state index contributed by atoms with van der Waals surface area (Å²) in [4.78, 5) is 13.2. The van der Waals surface area contributed by atoms with Crippen LogP contribution in [0.5, 0.6) is 0 Å². The second-order valence-electron chi connectivity index (χ2n) is 4.45. The van der Waals surface area contributed by atoms with E-state index in [2.05, 4.69) is 6.92 Å². The van der Waals surface area contributed by atoms with E-state index in [-0.39, 0.29) is 25.1 Å². The number of hydrogen-bond donors (Lipinski definition) is 2. The van der Waals surface area contributed by atoms with Crippen molar-refractivity contribution in [3.05, 3.63) is 35.9 Å². The van der Waals surface area contributed by atoms with Crippen LogP contribution in [0.1, 0.15) is 31.4 Å². The predicted octanol–water partition coefficient (Wildman–Crippen LogP) is 1.31. The van der Waals surface area contributed by atoms with Crippen molar-refractivity contribution in [1.82, 2.24) is 4.90 Å². The lowest BCUT2D eigenvalue weighted by Gasteiger charge is -2.28. The van der Waals surface area contributed by atoms with Gasteiger partial charge in [0.05, 0.1) is 6.54 Å². The number of hydrogen-bond acceptors (Lipinski definition) is 3. The molecule has 4 nitrogen and oxygen atoms in total. The minimum absolute atomic E-state index is 0.150. The van der Waals surface area contributed by atoms with Crippen LogP contribution in [-0.4, -0.2) is 35.6 Å². The van der Waals surface area contributed by atoms with Gasteiger partial charge in [-0.05, 0) is 31.9 Å². The fourth-order valence-corrected chi connectivity index (χ4v) is 1.98. The number of nitrogens with two attached hydrogens (primary N) is 1. The Labute approximate surface area is 108 Å². The fourth-order valence-electron chi connectivity index (χ4n) is 1.98. The summed E-state index contributed by atoms with van der Waals surface area (Å²) in [6, 6.07) is 10.2. The first kappa shape index (κ1) is 14.7. The zero-order chi connectivity index (χ0) is 13.4. The van der Waals surface area contributed by atoms with E-state index in [9.17, 15) is 4.79 Å². The number of benzene rings is 1. The molecule has 0 saturated heterocycles. The Morgan fingerprint density at radius 2 is 2.00 bits per heavy atom. The maximum absolute atomic E-state index is 11.1. The molecule has 100 valence electrons. The van der Waals surface area contributed by atoms with Crippen molar-refractivity contribution in [2.45, 2.75) is 25.8 Å². The molecule has 0 unspecified atom stereocenters. The molecule has 0 spiro atoms. The van der Waals surface area contributed by atoms with Gasteiger partial charge in [0.25, 0.3) is 0 Å². The van der Waals surface area contributed by atoms with Gasteiger partial charge >= 0.3 is 0 Å². The number of rotatable bonds is 8. The highest BCUT2D eigenvalue weighted by molar-refractivity contribution is 5.76. The van der Waals surface area contributed by atoms with E-state index >= 15 is 0 Å². The largest absolute Gasteiger partial charge is 0.396 e. The highest BCUT2D eigenvalue weighted by Crippen LogP contribution is 2.19. The molecule has 1 rings (SSSR count). The molecule has 3 N–H and O–H groups in total. The van der Waals surface area contributed by atoms with Gasteiger partial charge in [-0.15, -0.1) is 0 Å². The van der Waals surface area contributed by atoms with Crippen LogP contribution in [0.15, 0.2) is 30.3 Å². The standard InChI is InChI=1S/C14H22N2O2/c1-12(13-7-3-2-4-8-13)16(11-14(15)18)9-5-6-10-17/h2-4,7-8,12,17H,5-6,9-11H2,1H3,(H2,15,18)/t12-/m1/s1. The van der Waals surface area contributed by atoms with Crippen LogP contribution in [0.2, 0.25) is 0 Å². The Kier molecular flexibility index (Phi) is 6.39. The molecule has 0 aromatic heterocycles. The molecule has 0 bridgehead atoms. The molecule has 1 amide bonds. The van der Waals surface area contributed by atoms with Crippen molar-refractivity contribution in [1.29, 1.82) is 0 Å². The van der Waals surface area contributed by atoms with E-state index in [4.69, 9.17) is 10.8 Å². The third kappa shape index (κ3) is 4.85. The smallest absolute Gasteiger partial charge is 0.231 e. The van der Waals surface area contributed by atoms with Crippen molar-refractivity contribution in [3.8, 4) is 0 Å². The Morgan fingerprint density at radius 3 is 2.56 bits per heavy atom. The molecule has 0 fully saturated rings. The molecule has 1 atom stereocenters. The van der Waals surface area contributed by atoms with Gasteiger partial charge in [-0.3, -0.25) is 9.69 Å². The van der Waals surface area contributed by atoms with Crippen molar-refractivity contribution in [2.75, 3.05) is 19.7 Å². The molecule has 0 aliphatic carbocycles. The summed E-state index contributed by atoms with van der Waals surface area (Å²) in [7, 11) is 0. The number of unbranched alkanes of at least 4 members (excludes halogenated alkanes) is 1. The van der Waals surface area contributed by atoms with E-state index in [1.165, 1.54) is 5.56 Å². The number of carbonyl (C=O) groups is 1. The van der Waals surface area contributed by atoms with Gasteiger partial charge in [-0.1, -0.05) is 30.3 Å². The third-order valence-corrected chi connectivity index (χ3v) is 3.04. The van der Waals surface area contributed by atoms with Crippen molar-refractivity contribution < 1.29 is 9.90 Å². The second kappa shape index (κ2) is 7.84. The first-order chi connectivity index (χ1) is 8.65. The average Bonchev–Trinajstić information content (AvgIpc) is 2.37. The summed E-state index contributed by atoms with van der Waals surface area (Å²) in [6.07, 6.45) is 1.61. The Hall–Kier alpha value is -1.39. The second-order valence-corrected chi connectivity index (χ2v) is 4.45. The van der Waals surface area contributed by atoms with Crippen LogP contribution in [0, 0.1) is 0 Å². The van der Waals surface area contributed by atoms with E-state index in [1.54, 1.807) is 0 Å². The molecule has 0 radical (unpaired) electrons. The van der Waals surface area contributed by atoms with Crippen LogP contribution >= 0.6 is 0 Å². The number of carbonyl (C=O) groups excluding carboxylic acids is 1. The van der Waals surface area contributed by atoms with Crippen LogP contribution < -0.4 is 5.73 Å². The van der Waals surface area contributed by atoms with Gasteiger partial charge in [-0.2, -0.15) is 0 Å². The molecule has 0 aliphatic heterocycles. The number of amides is 1. The van der Waals surface area contributed by atoms with Gasteiger partial charge in [0, 0.05) is 12.6 Å². The van der Waals surface area contributed by atoms with Crippen molar-refractivity contribution in [2.24, 2.45) is 5.73 Å². The summed E-state index contributed by atoms with van der Waals surface area (Å²) < 4.78 is 0. The minimum Gasteiger partial charge on any atom is -0.396 e. The minimum atomic E-state index is -0.318. The molecule has 0 heterocycles. The number of aliphatic hydroxyl groups excluding tert-OH is 1. The number of nitrogens with zero attached hydrogens (tertiary/aromatic N) is 1. The first-order valence-electron chi connectivity index (χ1n) is 6.33. The number of aliphatic hydroxyl groups is 1. The molecular formula is C14H22N2O2. The van der Waals surface area contributed by atoms with Gasteiger partial charge in [0.2, 0.25) is 5.91 Å². The molecule has 18 heavy (non-hydrogen) atoms. The molecule has 0 aliphatic rings. The summed E-state index contributed by atoms with van der Waals surface area (Å²) >= 11 is 0. The molecule has 0 saturated carbocycles. The van der Waals surface area contributed by atoms with Crippen LogP contribution in [0.3, 0.4) is 0 Å². The quantitative estimate of drug-likeness (QED) is 0.684. The number of primary amides is 1. The lowest BCUT2D eigenvalue weighted by Crippen LogP contribution is -2.36. The summed E-state index contributed by atoms with van der Waals surface area (Å²) in [5.74, 6) is -0.318. The Morgan fingerprint density at radius 1 is 1.33 bits per heavy atom. The van der Waals surface area contributed by atoms with Crippen molar-refractivity contribution in [3.63, 3.8) is 0 Å². The molecule has 1 aromatic carbocycles. The molecule has 4 heteroatoms. The Balaban J connectivity index is 2.66. The lowest BCUT2D eigenvalue weighted by atomic mass is 10.1. The monoisotopic (exact) mass is 250 g/mol. The highest BCUT2D eigenvalue weighted by Gasteiger charge is 2.16. The maximum atomic E-state index is 11.1. The summed E-state index contributed by atoms with van der Waals surface area (Å²) in [5.41, 5.74) is 6.45. The average molecular weight is 250 g/mol. The third-order valence-electron chi connectivity index (χ3n) is 3.04. The maximum Gasteiger partial charge on any atom is 0.231 e. The SMILES string of the molecule is C[C@H](c1ccccc1)N(CCCCO)CC(N)=O. The normalized spacial score (nSPS) is 12.6. The van der Waals surface area contributed by atoms with Gasteiger partial charge in [0.1, 0.15) is 0 Å². The van der Waals surface area contributed by atoms with E-state index in [0.717, 1.165) is 19.4 Å². The van der Waals surface area contributed by atoms with Crippen molar-refractivity contribution >= 4 is 5.91 Å². The van der Waals surface area contributed by atoms with Gasteiger partial charge in [0.15, 0.2) is 0 Å². The zero-order valence-corrected chi connectivity index (χ0v) is 10.9. The summed E-state index contributed by atoms with van der Waals surface area (Å²) in [6.45, 7) is 3.27. The lowest BCUT2D eigenvalue weighted by molar-refractivity contribution is -0.119. The van der Waals surface area contributed by atoms with Gasteiger partial charge < -0.3 is 10.8 Å². The topological polar surface area (TPSA) is 66.6 Å². The van der Waals surface area contributed by atoms with Crippen LogP contribution in [-0.2, 0) is 4.79 Å². The zero-order valence-electron chi connectivity index (χ0n) is 10.9. The van der Waals surface area contributed by atoms with Gasteiger partial charge in [-0.25, -0.2) is 0 Å². The fraction of sp³-hybridized carbons (Fsp3) is 0.500. The van der Waals surface area contributed by atoms with E-state index in [1.807, 2.05) is 35.2 Å². The first-order valence-corrected chi connectivity index (χ1v) is 6.33. The van der Waals surface area contributed by atoms with E-state index in [0.29, 0.717) is 0 Å². The summed E-state index contributed by atoms with van der Waals surface area (Å²) in [5, 5.41) is 8.81. The molecule has 1 aromatic rings. The van der Waals surface area contributed by atoms with Crippen LogP contribution in [0.4, 0.5) is 0 Å². The molecular weight excluding hydrogens is 228 g/mol. The predicted molar refractivity (Wildman–Crippen MR) is 71.9 cm³/mol. The van der Waals surface area contributed by atoms with Crippen LogP contribution in [0.25, 0.3) is 0 Å². The highest BCUT2D eigenvalue weighted by atomic mass is 16.2. The Bertz CT molecular complexity index is 354.